The van der Waals surface area contributed by atoms with E-state index in [2.05, 4.69) is 5.32 Å². The lowest BCUT2D eigenvalue weighted by Gasteiger charge is -2.23. The van der Waals surface area contributed by atoms with Crippen molar-refractivity contribution < 1.29 is 18.7 Å². The quantitative estimate of drug-likeness (QED) is 0.604. The third kappa shape index (κ3) is 4.38. The van der Waals surface area contributed by atoms with Gasteiger partial charge in [0.05, 0.1) is 23.0 Å². The number of hydrogen-bond donors (Lipinski definition) is 1. The Kier molecular flexibility index (Phi) is 5.89. The summed E-state index contributed by atoms with van der Waals surface area (Å²) >= 11 is 0. The summed E-state index contributed by atoms with van der Waals surface area (Å²) in [7, 11) is 0. The topological polar surface area (TPSA) is 81.4 Å². The van der Waals surface area contributed by atoms with Gasteiger partial charge in [0.2, 0.25) is 0 Å². The van der Waals surface area contributed by atoms with Gasteiger partial charge in [0.1, 0.15) is 5.76 Å². The van der Waals surface area contributed by atoms with Crippen LogP contribution in [0, 0.1) is 0 Å². The Morgan fingerprint density at radius 3 is 2.68 bits per heavy atom. The molecule has 1 atom stereocenters. The predicted molar refractivity (Wildman–Crippen MR) is 119 cm³/mol. The summed E-state index contributed by atoms with van der Waals surface area (Å²) < 4.78 is 11.1. The van der Waals surface area contributed by atoms with E-state index in [0.29, 0.717) is 5.56 Å². The minimum absolute atomic E-state index is 0.0301. The number of ether oxygens (including phenoxy) is 1. The fourth-order valence-electron chi connectivity index (χ4n) is 3.93. The molecule has 6 nitrogen and oxygen atoms in total. The second-order valence-corrected chi connectivity index (χ2v) is 8.08. The number of allylic oxidation sites excluding steroid dienone is 1. The van der Waals surface area contributed by atoms with Gasteiger partial charge in [0.15, 0.2) is 6.10 Å². The van der Waals surface area contributed by atoms with Crippen LogP contribution in [0.5, 0.6) is 0 Å². The number of carbonyl (C=O) groups excluding carboxylic acids is 2. The molecule has 1 aliphatic carbocycles. The smallest absolute Gasteiger partial charge is 0.339 e. The molecule has 1 aromatic carbocycles. The average Bonchev–Trinajstić information content (AvgIpc) is 3.25. The first-order valence-corrected chi connectivity index (χ1v) is 10.6. The highest BCUT2D eigenvalue weighted by molar-refractivity contribution is 6.07. The Morgan fingerprint density at radius 2 is 1.94 bits per heavy atom. The minimum Gasteiger partial charge on any atom is -0.465 e. The van der Waals surface area contributed by atoms with Crippen molar-refractivity contribution in [2.45, 2.75) is 52.2 Å². The van der Waals surface area contributed by atoms with E-state index in [-0.39, 0.29) is 11.9 Å². The summed E-state index contributed by atoms with van der Waals surface area (Å²) in [6.07, 6.45) is 5.19. The number of nitrogens with zero attached hydrogens (tertiary/aromatic N) is 1. The molecule has 160 valence electrons. The van der Waals surface area contributed by atoms with E-state index in [1.807, 2.05) is 56.3 Å². The van der Waals surface area contributed by atoms with Crippen LogP contribution in [0.15, 0.2) is 47.1 Å². The van der Waals surface area contributed by atoms with Gasteiger partial charge in [-0.15, -0.1) is 0 Å². The van der Waals surface area contributed by atoms with Gasteiger partial charge < -0.3 is 14.5 Å². The van der Waals surface area contributed by atoms with Gasteiger partial charge in [0, 0.05) is 11.4 Å². The Morgan fingerprint density at radius 1 is 1.13 bits per heavy atom. The zero-order valence-electron chi connectivity index (χ0n) is 18.0. The lowest BCUT2D eigenvalue weighted by atomic mass is 9.86. The number of pyridine rings is 1. The molecule has 0 saturated heterocycles. The van der Waals surface area contributed by atoms with E-state index in [1.54, 1.807) is 13.2 Å². The lowest BCUT2D eigenvalue weighted by Crippen LogP contribution is -2.39. The first kappa shape index (κ1) is 20.8. The van der Waals surface area contributed by atoms with Gasteiger partial charge in [0.25, 0.3) is 5.91 Å². The molecule has 4 rings (SSSR count). The van der Waals surface area contributed by atoms with Crippen molar-refractivity contribution in [2.24, 2.45) is 0 Å². The fraction of sp³-hybridized carbons (Fsp3) is 0.320. The monoisotopic (exact) mass is 418 g/mol. The molecule has 3 aromatic rings. The third-order valence-corrected chi connectivity index (χ3v) is 5.32. The molecule has 1 unspecified atom stereocenters. The number of benzene rings is 1. The summed E-state index contributed by atoms with van der Waals surface area (Å²) in [6, 6.07) is 11.3. The molecule has 2 aromatic heterocycles. The summed E-state index contributed by atoms with van der Waals surface area (Å²) in [5, 5.41) is 3.52. The predicted octanol–water partition coefficient (Wildman–Crippen LogP) is 4.77. The van der Waals surface area contributed by atoms with Gasteiger partial charge >= 0.3 is 5.97 Å². The van der Waals surface area contributed by atoms with Gasteiger partial charge in [-0.05, 0) is 75.4 Å². The molecular weight excluding hydrogens is 392 g/mol. The standard InChI is InChI=1S/C25H26N2O4/c1-15(2)26-24(28)16(3)31-25(29)22-19-10-4-5-12-21(19)27-23-17(8-6-11-20(22)23)14-18-9-7-13-30-18/h4-5,7,9-10,12-16H,6,8,11H2,1-3H3,(H,26,28)/b17-14+. The van der Waals surface area contributed by atoms with Gasteiger partial charge in [-0.3, -0.25) is 4.79 Å². The number of para-hydroxylation sites is 1. The minimum atomic E-state index is -0.890. The summed E-state index contributed by atoms with van der Waals surface area (Å²) in [4.78, 5) is 30.4. The van der Waals surface area contributed by atoms with Crippen molar-refractivity contribution in [3.05, 3.63) is 65.2 Å². The Balaban J connectivity index is 1.78. The van der Waals surface area contributed by atoms with Crippen LogP contribution in [0.3, 0.4) is 0 Å². The number of fused-ring (bicyclic) bond motifs is 2. The molecule has 0 bridgehead atoms. The normalized spacial score (nSPS) is 15.7. The van der Waals surface area contributed by atoms with E-state index < -0.39 is 12.1 Å². The van der Waals surface area contributed by atoms with E-state index in [0.717, 1.165) is 52.8 Å². The number of carbonyl (C=O) groups is 2. The van der Waals surface area contributed by atoms with Crippen molar-refractivity contribution >= 4 is 34.4 Å². The summed E-state index contributed by atoms with van der Waals surface area (Å²) in [5.74, 6) is -0.0598. The van der Waals surface area contributed by atoms with E-state index in [1.165, 1.54) is 0 Å². The highest BCUT2D eigenvalue weighted by atomic mass is 16.5. The average molecular weight is 418 g/mol. The molecule has 0 aliphatic heterocycles. The molecule has 2 heterocycles. The Hall–Kier alpha value is -3.41. The maximum absolute atomic E-state index is 13.3. The summed E-state index contributed by atoms with van der Waals surface area (Å²) in [5.41, 5.74) is 3.91. The zero-order valence-corrected chi connectivity index (χ0v) is 18.0. The highest BCUT2D eigenvalue weighted by Crippen LogP contribution is 2.36. The first-order valence-electron chi connectivity index (χ1n) is 10.6. The molecule has 0 spiro atoms. The molecule has 31 heavy (non-hydrogen) atoms. The number of amides is 1. The molecule has 6 heteroatoms. The number of rotatable bonds is 5. The van der Waals surface area contributed by atoms with Crippen LogP contribution in [-0.2, 0) is 16.0 Å². The Labute approximate surface area is 181 Å². The molecule has 0 radical (unpaired) electrons. The van der Waals surface area contributed by atoms with Crippen LogP contribution < -0.4 is 5.32 Å². The Bertz CT molecular complexity index is 1150. The van der Waals surface area contributed by atoms with Crippen LogP contribution in [0.2, 0.25) is 0 Å². The summed E-state index contributed by atoms with van der Waals surface area (Å²) in [6.45, 7) is 5.33. The largest absolute Gasteiger partial charge is 0.465 e. The van der Waals surface area contributed by atoms with Crippen molar-refractivity contribution in [3.8, 4) is 0 Å². The SMILES string of the molecule is CC(C)NC(=O)C(C)OC(=O)c1c2c(nc3ccccc13)/C(=C/c1ccco1)CCC2. The molecule has 1 aliphatic rings. The zero-order chi connectivity index (χ0) is 22.0. The van der Waals surface area contributed by atoms with E-state index in [9.17, 15) is 9.59 Å². The molecule has 0 fully saturated rings. The molecule has 1 N–H and O–H groups in total. The van der Waals surface area contributed by atoms with Crippen molar-refractivity contribution in [3.63, 3.8) is 0 Å². The van der Waals surface area contributed by atoms with Crippen LogP contribution in [0.4, 0.5) is 0 Å². The second kappa shape index (κ2) is 8.76. The fourth-order valence-corrected chi connectivity index (χ4v) is 3.93. The van der Waals surface area contributed by atoms with Crippen LogP contribution in [0.1, 0.15) is 61.0 Å². The van der Waals surface area contributed by atoms with E-state index >= 15 is 0 Å². The lowest BCUT2D eigenvalue weighted by molar-refractivity contribution is -0.129. The molecule has 1 amide bonds. The number of nitrogens with one attached hydrogen (secondary N) is 1. The van der Waals surface area contributed by atoms with E-state index in [4.69, 9.17) is 14.1 Å². The van der Waals surface area contributed by atoms with Crippen molar-refractivity contribution in [1.29, 1.82) is 0 Å². The van der Waals surface area contributed by atoms with Gasteiger partial charge in [-0.1, -0.05) is 18.2 Å². The molecular formula is C25H26N2O4. The third-order valence-electron chi connectivity index (χ3n) is 5.32. The maximum atomic E-state index is 13.3. The number of hydrogen-bond acceptors (Lipinski definition) is 5. The van der Waals surface area contributed by atoms with Crippen LogP contribution in [-0.4, -0.2) is 29.0 Å². The second-order valence-electron chi connectivity index (χ2n) is 8.08. The number of furan rings is 1. The number of aromatic nitrogens is 1. The van der Waals surface area contributed by atoms with Crippen molar-refractivity contribution in [2.75, 3.05) is 0 Å². The highest BCUT2D eigenvalue weighted by Gasteiger charge is 2.28. The molecule has 0 saturated carbocycles. The first-order chi connectivity index (χ1) is 14.9. The van der Waals surface area contributed by atoms with Crippen LogP contribution in [0.25, 0.3) is 22.6 Å². The maximum Gasteiger partial charge on any atom is 0.339 e. The van der Waals surface area contributed by atoms with Gasteiger partial charge in [-0.25, -0.2) is 9.78 Å². The van der Waals surface area contributed by atoms with Crippen LogP contribution >= 0.6 is 0 Å². The van der Waals surface area contributed by atoms with Gasteiger partial charge in [-0.2, -0.15) is 0 Å². The van der Waals surface area contributed by atoms with Crippen molar-refractivity contribution in [1.82, 2.24) is 10.3 Å². The number of esters is 1.